The average Bonchev–Trinajstić information content (AvgIpc) is 2.66. The van der Waals surface area contributed by atoms with Crippen molar-refractivity contribution in [2.24, 2.45) is 4.99 Å². The molecular formula is C13H7BrF3N. The van der Waals surface area contributed by atoms with Crippen LogP contribution in [0.1, 0.15) is 12.0 Å². The van der Waals surface area contributed by atoms with Crippen molar-refractivity contribution in [1.82, 2.24) is 0 Å². The normalized spacial score (nSPS) is 17.7. The Labute approximate surface area is 110 Å². The van der Waals surface area contributed by atoms with E-state index in [-0.39, 0.29) is 6.42 Å². The van der Waals surface area contributed by atoms with E-state index in [0.29, 0.717) is 11.3 Å². The Kier molecular flexibility index (Phi) is 2.48. The van der Waals surface area contributed by atoms with Gasteiger partial charge in [0.15, 0.2) is 0 Å². The molecule has 0 saturated carbocycles. The Hall–Kier alpha value is -1.36. The molecule has 1 aliphatic carbocycles. The first kappa shape index (κ1) is 11.7. The molecular weight excluding hydrogens is 307 g/mol. The lowest BCUT2D eigenvalue weighted by atomic mass is 9.93. The summed E-state index contributed by atoms with van der Waals surface area (Å²) in [4.78, 5) is 4.36. The second kappa shape index (κ2) is 3.82. The first-order valence-corrected chi connectivity index (χ1v) is 6.12. The van der Waals surface area contributed by atoms with Crippen LogP contribution in [0, 0.1) is 0 Å². The van der Waals surface area contributed by atoms with Crippen molar-refractivity contribution in [3.8, 4) is 0 Å². The van der Waals surface area contributed by atoms with Gasteiger partial charge in [0.05, 0.1) is 17.0 Å². The van der Waals surface area contributed by atoms with Gasteiger partial charge < -0.3 is 0 Å². The molecule has 0 radical (unpaired) electrons. The summed E-state index contributed by atoms with van der Waals surface area (Å²) in [6, 6.07) is 5.44. The molecule has 1 aromatic rings. The molecule has 0 unspecified atom stereocenters. The van der Waals surface area contributed by atoms with Gasteiger partial charge in [0.2, 0.25) is 0 Å². The second-order valence-corrected chi connectivity index (χ2v) is 4.97. The van der Waals surface area contributed by atoms with Gasteiger partial charge in [-0.2, -0.15) is 13.2 Å². The van der Waals surface area contributed by atoms with Crippen LogP contribution in [0.2, 0.25) is 0 Å². The Bertz CT molecular complexity index is 624. The molecule has 0 aromatic heterocycles. The van der Waals surface area contributed by atoms with Gasteiger partial charge in [-0.25, -0.2) is 0 Å². The third-order valence-corrected chi connectivity index (χ3v) is 3.63. The fourth-order valence-electron chi connectivity index (χ4n) is 2.15. The van der Waals surface area contributed by atoms with E-state index in [1.54, 1.807) is 6.07 Å². The molecule has 0 atom stereocenters. The van der Waals surface area contributed by atoms with Gasteiger partial charge >= 0.3 is 6.18 Å². The number of benzene rings is 1. The van der Waals surface area contributed by atoms with Crippen LogP contribution in [0.3, 0.4) is 0 Å². The minimum absolute atomic E-state index is 0.224. The van der Waals surface area contributed by atoms with Gasteiger partial charge in [0.25, 0.3) is 0 Å². The lowest BCUT2D eigenvalue weighted by Crippen LogP contribution is -2.14. The third-order valence-electron chi connectivity index (χ3n) is 2.97. The van der Waals surface area contributed by atoms with Crippen LogP contribution in [0.4, 0.5) is 18.9 Å². The van der Waals surface area contributed by atoms with Crippen molar-refractivity contribution in [1.29, 1.82) is 0 Å². The predicted octanol–water partition coefficient (Wildman–Crippen LogP) is 4.81. The van der Waals surface area contributed by atoms with Crippen molar-refractivity contribution >= 4 is 32.9 Å². The second-order valence-electron chi connectivity index (χ2n) is 4.11. The number of nitrogens with zero attached hydrogens (tertiary/aromatic N) is 1. The molecule has 0 fully saturated rings. The lowest BCUT2D eigenvalue weighted by Gasteiger charge is -2.15. The highest BCUT2D eigenvalue weighted by atomic mass is 79.9. The van der Waals surface area contributed by atoms with E-state index >= 15 is 0 Å². The Balaban J connectivity index is 2.15. The predicted molar refractivity (Wildman–Crippen MR) is 68.0 cm³/mol. The minimum Gasteiger partial charge on any atom is -0.252 e. The first-order valence-electron chi connectivity index (χ1n) is 5.32. The van der Waals surface area contributed by atoms with E-state index in [1.165, 1.54) is 12.2 Å². The number of aliphatic imine (C=N–C) groups is 1. The van der Waals surface area contributed by atoms with E-state index in [1.807, 2.05) is 12.1 Å². The van der Waals surface area contributed by atoms with Crippen LogP contribution in [0.5, 0.6) is 0 Å². The summed E-state index contributed by atoms with van der Waals surface area (Å²) in [5.41, 5.74) is 2.15. The van der Waals surface area contributed by atoms with Crippen LogP contribution >= 0.6 is 15.9 Å². The van der Waals surface area contributed by atoms with Crippen molar-refractivity contribution in [2.75, 3.05) is 0 Å². The van der Waals surface area contributed by atoms with Crippen LogP contribution in [-0.2, 0) is 0 Å². The van der Waals surface area contributed by atoms with E-state index in [9.17, 15) is 13.2 Å². The van der Waals surface area contributed by atoms with Crippen LogP contribution < -0.4 is 0 Å². The average molecular weight is 314 g/mol. The molecule has 1 aliphatic heterocycles. The Morgan fingerprint density at radius 1 is 1.22 bits per heavy atom. The van der Waals surface area contributed by atoms with Crippen molar-refractivity contribution in [3.63, 3.8) is 0 Å². The van der Waals surface area contributed by atoms with Gasteiger partial charge in [-0.15, -0.1) is 0 Å². The summed E-state index contributed by atoms with van der Waals surface area (Å²) in [7, 11) is 0. The van der Waals surface area contributed by atoms with Gasteiger partial charge in [-0.3, -0.25) is 4.99 Å². The molecule has 1 nitrogen and oxygen atoms in total. The molecule has 1 aromatic carbocycles. The number of hydrogen-bond donors (Lipinski definition) is 0. The smallest absolute Gasteiger partial charge is 0.252 e. The molecule has 2 aliphatic rings. The molecule has 92 valence electrons. The molecule has 0 spiro atoms. The summed E-state index contributed by atoms with van der Waals surface area (Å²) < 4.78 is 38.9. The zero-order chi connectivity index (χ0) is 12.9. The number of fused-ring (bicyclic) bond motifs is 3. The highest BCUT2D eigenvalue weighted by Crippen LogP contribution is 2.44. The SMILES string of the molecule is FC(F)(F)C1=CCC2=Nc3cccc(Br)c3C2=C1. The van der Waals surface area contributed by atoms with Crippen molar-refractivity contribution in [2.45, 2.75) is 12.6 Å². The van der Waals surface area contributed by atoms with Crippen molar-refractivity contribution < 1.29 is 13.2 Å². The molecule has 0 N–H and O–H groups in total. The molecule has 0 saturated heterocycles. The summed E-state index contributed by atoms with van der Waals surface area (Å²) in [6.07, 6.45) is -1.72. The fourth-order valence-corrected chi connectivity index (χ4v) is 2.72. The molecule has 1 heterocycles. The number of halogens is 4. The maximum atomic E-state index is 12.7. The number of rotatable bonds is 0. The van der Waals surface area contributed by atoms with E-state index < -0.39 is 11.7 Å². The van der Waals surface area contributed by atoms with Crippen LogP contribution in [0.15, 0.2) is 45.4 Å². The van der Waals surface area contributed by atoms with E-state index in [4.69, 9.17) is 0 Å². The van der Waals surface area contributed by atoms with Gasteiger partial charge in [-0.05, 0) is 18.2 Å². The minimum atomic E-state index is -4.30. The number of allylic oxidation sites excluding steroid dienone is 4. The van der Waals surface area contributed by atoms with Crippen LogP contribution in [-0.4, -0.2) is 11.9 Å². The number of hydrogen-bond acceptors (Lipinski definition) is 1. The quantitative estimate of drug-likeness (QED) is 0.651. The Morgan fingerprint density at radius 2 is 2.00 bits per heavy atom. The zero-order valence-corrected chi connectivity index (χ0v) is 10.6. The third kappa shape index (κ3) is 1.73. The summed E-state index contributed by atoms with van der Waals surface area (Å²) in [5.74, 6) is 0. The zero-order valence-electron chi connectivity index (χ0n) is 9.05. The van der Waals surface area contributed by atoms with Gasteiger partial charge in [0, 0.05) is 22.0 Å². The maximum absolute atomic E-state index is 12.7. The summed E-state index contributed by atoms with van der Waals surface area (Å²) in [5, 5.41) is 0. The molecule has 5 heteroatoms. The van der Waals surface area contributed by atoms with E-state index in [0.717, 1.165) is 15.7 Å². The van der Waals surface area contributed by atoms with Gasteiger partial charge in [-0.1, -0.05) is 28.1 Å². The fraction of sp³-hybridized carbons (Fsp3) is 0.154. The topological polar surface area (TPSA) is 12.4 Å². The lowest BCUT2D eigenvalue weighted by molar-refractivity contribution is -0.0883. The summed E-state index contributed by atoms with van der Waals surface area (Å²) >= 11 is 3.36. The van der Waals surface area contributed by atoms with Gasteiger partial charge in [0.1, 0.15) is 0 Å². The highest BCUT2D eigenvalue weighted by molar-refractivity contribution is 9.10. The van der Waals surface area contributed by atoms with E-state index in [2.05, 4.69) is 20.9 Å². The monoisotopic (exact) mass is 313 g/mol. The largest absolute Gasteiger partial charge is 0.416 e. The number of alkyl halides is 3. The first-order chi connectivity index (χ1) is 8.47. The molecule has 18 heavy (non-hydrogen) atoms. The van der Waals surface area contributed by atoms with Crippen molar-refractivity contribution in [3.05, 3.63) is 46.0 Å². The Morgan fingerprint density at radius 3 is 2.72 bits per heavy atom. The highest BCUT2D eigenvalue weighted by Gasteiger charge is 2.36. The molecule has 0 bridgehead atoms. The molecule has 3 rings (SSSR count). The molecule has 0 amide bonds. The standard InChI is InChI=1S/C13H7BrF3N/c14-9-2-1-3-11-12(9)8-6-7(13(15,16)17)4-5-10(8)18-11/h1-4,6H,5H2. The summed E-state index contributed by atoms with van der Waals surface area (Å²) in [6.45, 7) is 0. The van der Waals surface area contributed by atoms with Crippen LogP contribution in [0.25, 0.3) is 5.57 Å². The maximum Gasteiger partial charge on any atom is 0.416 e.